The van der Waals surface area contributed by atoms with Gasteiger partial charge in [0.05, 0.1) is 7.11 Å². The van der Waals surface area contributed by atoms with Crippen molar-refractivity contribution in [1.29, 1.82) is 0 Å². The van der Waals surface area contributed by atoms with Crippen molar-refractivity contribution in [2.24, 2.45) is 0 Å². The Hall–Kier alpha value is -1.04. The number of halogens is 1. The Labute approximate surface area is 125 Å². The molecule has 0 spiro atoms. The molecule has 0 radical (unpaired) electrons. The van der Waals surface area contributed by atoms with E-state index < -0.39 is 0 Å². The monoisotopic (exact) mass is 341 g/mol. The van der Waals surface area contributed by atoms with Gasteiger partial charge in [-0.3, -0.25) is 0 Å². The van der Waals surface area contributed by atoms with E-state index >= 15 is 0 Å². The summed E-state index contributed by atoms with van der Waals surface area (Å²) in [7, 11) is 1.66. The zero-order valence-corrected chi connectivity index (χ0v) is 13.1. The van der Waals surface area contributed by atoms with E-state index in [0.29, 0.717) is 6.61 Å². The normalized spacial score (nSPS) is 10.4. The Kier molecular flexibility index (Phi) is 5.69. The Morgan fingerprint density at radius 3 is 2.58 bits per heavy atom. The third-order valence-corrected chi connectivity index (χ3v) is 4.23. The number of hydrogen-bond donors (Lipinski definition) is 1. The molecule has 0 saturated carbocycles. The first kappa shape index (κ1) is 14.4. The molecule has 0 aliphatic rings. The first-order chi connectivity index (χ1) is 9.28. The quantitative estimate of drug-likeness (QED) is 0.779. The predicted molar refractivity (Wildman–Crippen MR) is 82.2 cm³/mol. The lowest BCUT2D eigenvalue weighted by molar-refractivity contribution is 0.313. The van der Waals surface area contributed by atoms with Crippen LogP contribution in [0.3, 0.4) is 0 Å². The lowest BCUT2D eigenvalue weighted by atomic mass is 10.3. The van der Waals surface area contributed by atoms with Gasteiger partial charge in [0.1, 0.15) is 18.1 Å². The number of nitrogens with one attached hydrogen (secondary N) is 1. The zero-order chi connectivity index (χ0) is 13.5. The van der Waals surface area contributed by atoms with Gasteiger partial charge in [0.25, 0.3) is 0 Å². The van der Waals surface area contributed by atoms with Crippen LogP contribution in [0.2, 0.25) is 0 Å². The minimum atomic E-state index is 0.652. The van der Waals surface area contributed by atoms with Crippen LogP contribution in [0.1, 0.15) is 4.88 Å². The summed E-state index contributed by atoms with van der Waals surface area (Å²) in [5.41, 5.74) is 0. The van der Waals surface area contributed by atoms with Crippen molar-refractivity contribution in [3.8, 4) is 11.5 Å². The summed E-state index contributed by atoms with van der Waals surface area (Å²) in [6.45, 7) is 2.35. The minimum absolute atomic E-state index is 0.652. The second kappa shape index (κ2) is 7.53. The van der Waals surface area contributed by atoms with Gasteiger partial charge in [0.2, 0.25) is 0 Å². The largest absolute Gasteiger partial charge is 0.497 e. The lowest BCUT2D eigenvalue weighted by Gasteiger charge is -2.07. The van der Waals surface area contributed by atoms with Gasteiger partial charge < -0.3 is 14.8 Å². The summed E-state index contributed by atoms with van der Waals surface area (Å²) in [6.07, 6.45) is 0. The second-order valence-corrected chi connectivity index (χ2v) is 5.84. The molecule has 0 bridgehead atoms. The Morgan fingerprint density at radius 1 is 1.21 bits per heavy atom. The molecule has 1 heterocycles. The topological polar surface area (TPSA) is 30.5 Å². The van der Waals surface area contributed by atoms with Crippen LogP contribution in [0.5, 0.6) is 11.5 Å². The van der Waals surface area contributed by atoms with Crippen LogP contribution in [-0.4, -0.2) is 20.3 Å². The molecule has 0 aliphatic heterocycles. The first-order valence-corrected chi connectivity index (χ1v) is 7.65. The molecule has 1 N–H and O–H groups in total. The molecule has 1 aromatic heterocycles. The van der Waals surface area contributed by atoms with Gasteiger partial charge in [0.15, 0.2) is 0 Å². The van der Waals surface area contributed by atoms with Crippen molar-refractivity contribution in [2.45, 2.75) is 6.54 Å². The van der Waals surface area contributed by atoms with Crippen LogP contribution in [-0.2, 0) is 6.54 Å². The van der Waals surface area contributed by atoms with Crippen molar-refractivity contribution in [2.75, 3.05) is 20.3 Å². The molecule has 1 aromatic carbocycles. The molecular formula is C14H16BrNO2S. The molecule has 0 atom stereocenters. The van der Waals surface area contributed by atoms with Crippen molar-refractivity contribution in [3.63, 3.8) is 0 Å². The molecule has 2 aromatic rings. The number of hydrogen-bond acceptors (Lipinski definition) is 4. The van der Waals surface area contributed by atoms with E-state index in [9.17, 15) is 0 Å². The van der Waals surface area contributed by atoms with Crippen LogP contribution in [0.25, 0.3) is 0 Å². The molecule has 102 valence electrons. The highest BCUT2D eigenvalue weighted by molar-refractivity contribution is 9.10. The fourth-order valence-corrected chi connectivity index (χ4v) is 2.99. The fourth-order valence-electron chi connectivity index (χ4n) is 1.57. The molecule has 2 rings (SSSR count). The standard InChI is InChI=1S/C14H16BrNO2S/c1-17-12-2-4-13(5-3-12)18-7-6-16-9-14-8-11(15)10-19-14/h2-5,8,10,16H,6-7,9H2,1H3. The maximum Gasteiger partial charge on any atom is 0.119 e. The lowest BCUT2D eigenvalue weighted by Crippen LogP contribution is -2.20. The number of methoxy groups -OCH3 is 1. The third kappa shape index (κ3) is 4.86. The maximum absolute atomic E-state index is 5.62. The van der Waals surface area contributed by atoms with Crippen molar-refractivity contribution in [1.82, 2.24) is 5.32 Å². The highest BCUT2D eigenvalue weighted by atomic mass is 79.9. The van der Waals surface area contributed by atoms with Crippen molar-refractivity contribution < 1.29 is 9.47 Å². The maximum atomic E-state index is 5.62. The van der Waals surface area contributed by atoms with E-state index in [4.69, 9.17) is 9.47 Å². The van der Waals surface area contributed by atoms with E-state index in [0.717, 1.165) is 29.1 Å². The average Bonchev–Trinajstić information content (AvgIpc) is 2.85. The molecule has 0 aliphatic carbocycles. The summed E-state index contributed by atoms with van der Waals surface area (Å²) >= 11 is 5.19. The molecule has 0 unspecified atom stereocenters. The molecule has 0 amide bonds. The highest BCUT2D eigenvalue weighted by Gasteiger charge is 1.98. The van der Waals surface area contributed by atoms with Crippen molar-refractivity contribution >= 4 is 27.3 Å². The zero-order valence-electron chi connectivity index (χ0n) is 10.7. The Balaban J connectivity index is 1.63. The van der Waals surface area contributed by atoms with Gasteiger partial charge in [0, 0.05) is 27.8 Å². The van der Waals surface area contributed by atoms with Crippen LogP contribution < -0.4 is 14.8 Å². The number of thiophene rings is 1. The van der Waals surface area contributed by atoms with E-state index in [1.54, 1.807) is 18.4 Å². The average molecular weight is 342 g/mol. The molecule has 3 nitrogen and oxygen atoms in total. The van der Waals surface area contributed by atoms with Gasteiger partial charge in [-0.2, -0.15) is 0 Å². The fraction of sp³-hybridized carbons (Fsp3) is 0.286. The second-order valence-electron chi connectivity index (χ2n) is 3.93. The first-order valence-electron chi connectivity index (χ1n) is 5.98. The van der Waals surface area contributed by atoms with Crippen LogP contribution in [0.15, 0.2) is 40.2 Å². The van der Waals surface area contributed by atoms with E-state index in [-0.39, 0.29) is 0 Å². The molecule has 5 heteroatoms. The van der Waals surface area contributed by atoms with Crippen LogP contribution in [0, 0.1) is 0 Å². The van der Waals surface area contributed by atoms with Gasteiger partial charge in [-0.1, -0.05) is 0 Å². The number of benzene rings is 1. The summed E-state index contributed by atoms with van der Waals surface area (Å²) < 4.78 is 11.9. The highest BCUT2D eigenvalue weighted by Crippen LogP contribution is 2.19. The molecular weight excluding hydrogens is 326 g/mol. The summed E-state index contributed by atoms with van der Waals surface area (Å²) in [4.78, 5) is 1.32. The number of rotatable bonds is 7. The Bertz CT molecular complexity index is 498. The number of ether oxygens (including phenoxy) is 2. The van der Waals surface area contributed by atoms with E-state index in [2.05, 4.69) is 32.7 Å². The minimum Gasteiger partial charge on any atom is -0.497 e. The SMILES string of the molecule is COc1ccc(OCCNCc2cc(Br)cs2)cc1. The summed E-state index contributed by atoms with van der Waals surface area (Å²) in [6, 6.07) is 9.74. The molecule has 0 saturated heterocycles. The van der Waals surface area contributed by atoms with Gasteiger partial charge in [-0.15, -0.1) is 11.3 Å². The summed E-state index contributed by atoms with van der Waals surface area (Å²) in [5.74, 6) is 1.70. The van der Waals surface area contributed by atoms with Gasteiger partial charge in [-0.05, 0) is 46.3 Å². The third-order valence-electron chi connectivity index (χ3n) is 2.53. The Morgan fingerprint density at radius 2 is 1.95 bits per heavy atom. The van der Waals surface area contributed by atoms with Gasteiger partial charge >= 0.3 is 0 Å². The van der Waals surface area contributed by atoms with E-state index in [1.165, 1.54) is 4.88 Å². The smallest absolute Gasteiger partial charge is 0.119 e. The van der Waals surface area contributed by atoms with Gasteiger partial charge in [-0.25, -0.2) is 0 Å². The van der Waals surface area contributed by atoms with Crippen LogP contribution in [0.4, 0.5) is 0 Å². The van der Waals surface area contributed by atoms with Crippen molar-refractivity contribution in [3.05, 3.63) is 45.1 Å². The van der Waals surface area contributed by atoms with E-state index in [1.807, 2.05) is 24.3 Å². The van der Waals surface area contributed by atoms with Crippen LogP contribution >= 0.6 is 27.3 Å². The summed E-state index contributed by atoms with van der Waals surface area (Å²) in [5, 5.41) is 5.44. The molecule has 0 fully saturated rings. The molecule has 19 heavy (non-hydrogen) atoms. The predicted octanol–water partition coefficient (Wildman–Crippen LogP) is 3.69.